The van der Waals surface area contributed by atoms with Crippen molar-refractivity contribution in [2.45, 2.75) is 37.1 Å². The van der Waals surface area contributed by atoms with Gasteiger partial charge in [-0.1, -0.05) is 60.7 Å². The zero-order chi connectivity index (χ0) is 20.7. The number of benzene rings is 2. The highest BCUT2D eigenvalue weighted by Crippen LogP contribution is 2.37. The Morgan fingerprint density at radius 2 is 1.43 bits per heavy atom. The molecule has 2 aromatic rings. The topological polar surface area (TPSA) is 47.6 Å². The van der Waals surface area contributed by atoms with Crippen LogP contribution >= 0.6 is 12.4 Å². The van der Waals surface area contributed by atoms with Crippen LogP contribution in [0.3, 0.4) is 0 Å². The standard InChI is InChI=1S/C22H24F3NO3.ClH/c23-21(24,25)13-16-28-22(17-7-3-1-4-8-17,18-9-5-2-6-10-18)20(27)29-19-11-14-26-15-12-19;/h1-10,19,26H,11-16H2;1H. The van der Waals surface area contributed by atoms with Gasteiger partial charge in [-0.05, 0) is 37.1 Å². The second-order valence-electron chi connectivity index (χ2n) is 6.98. The van der Waals surface area contributed by atoms with Crippen LogP contribution in [-0.2, 0) is 19.9 Å². The van der Waals surface area contributed by atoms with Crippen LogP contribution in [0.4, 0.5) is 13.2 Å². The third-order valence-corrected chi connectivity index (χ3v) is 4.91. The Morgan fingerprint density at radius 1 is 0.933 bits per heavy atom. The van der Waals surface area contributed by atoms with Crippen LogP contribution < -0.4 is 5.32 Å². The predicted octanol–water partition coefficient (Wildman–Crippen LogP) is 4.62. The summed E-state index contributed by atoms with van der Waals surface area (Å²) < 4.78 is 50.0. The van der Waals surface area contributed by atoms with E-state index in [0.29, 0.717) is 24.0 Å². The number of halogens is 4. The second-order valence-corrected chi connectivity index (χ2v) is 6.98. The van der Waals surface area contributed by atoms with Crippen molar-refractivity contribution in [2.24, 2.45) is 0 Å². The average molecular weight is 444 g/mol. The molecule has 1 aliphatic rings. The van der Waals surface area contributed by atoms with Gasteiger partial charge in [-0.3, -0.25) is 0 Å². The summed E-state index contributed by atoms with van der Waals surface area (Å²) in [6.45, 7) is 0.779. The van der Waals surface area contributed by atoms with E-state index in [1.165, 1.54) is 0 Å². The molecule has 0 unspecified atom stereocenters. The lowest BCUT2D eigenvalue weighted by Gasteiger charge is -2.35. The number of carbonyl (C=O) groups excluding carboxylic acids is 1. The molecular formula is C22H25ClF3NO3. The summed E-state index contributed by atoms with van der Waals surface area (Å²) in [5.41, 5.74) is -0.891. The van der Waals surface area contributed by atoms with Gasteiger partial charge in [-0.15, -0.1) is 12.4 Å². The van der Waals surface area contributed by atoms with Gasteiger partial charge in [0.1, 0.15) is 6.10 Å². The van der Waals surface area contributed by atoms with Crippen LogP contribution in [0, 0.1) is 0 Å². The highest BCUT2D eigenvalue weighted by atomic mass is 35.5. The molecule has 1 heterocycles. The van der Waals surface area contributed by atoms with E-state index >= 15 is 0 Å². The summed E-state index contributed by atoms with van der Waals surface area (Å²) in [6, 6.07) is 17.1. The van der Waals surface area contributed by atoms with E-state index in [4.69, 9.17) is 9.47 Å². The highest BCUT2D eigenvalue weighted by molar-refractivity contribution is 5.86. The van der Waals surface area contributed by atoms with Crippen LogP contribution in [0.2, 0.25) is 0 Å². The van der Waals surface area contributed by atoms with Crippen molar-refractivity contribution in [2.75, 3.05) is 19.7 Å². The summed E-state index contributed by atoms with van der Waals surface area (Å²) in [5, 5.41) is 3.19. The van der Waals surface area contributed by atoms with E-state index in [1.807, 2.05) is 0 Å². The Hall–Kier alpha value is -2.09. The van der Waals surface area contributed by atoms with Crippen molar-refractivity contribution < 1.29 is 27.4 Å². The van der Waals surface area contributed by atoms with Gasteiger partial charge in [0.2, 0.25) is 5.60 Å². The minimum Gasteiger partial charge on any atom is -0.460 e. The maximum absolute atomic E-state index is 13.4. The zero-order valence-corrected chi connectivity index (χ0v) is 17.2. The third-order valence-electron chi connectivity index (χ3n) is 4.91. The molecule has 1 N–H and O–H groups in total. The van der Waals surface area contributed by atoms with Gasteiger partial charge < -0.3 is 14.8 Å². The number of hydrogen-bond acceptors (Lipinski definition) is 4. The number of carbonyl (C=O) groups is 1. The van der Waals surface area contributed by atoms with Gasteiger partial charge in [-0.25, -0.2) is 4.79 Å². The van der Waals surface area contributed by atoms with Gasteiger partial charge in [0.15, 0.2) is 0 Å². The third kappa shape index (κ3) is 5.97. The molecular weight excluding hydrogens is 419 g/mol. The smallest absolute Gasteiger partial charge is 0.391 e. The summed E-state index contributed by atoms with van der Waals surface area (Å²) in [7, 11) is 0. The second kappa shape index (κ2) is 10.8. The molecule has 3 rings (SSSR count). The monoisotopic (exact) mass is 443 g/mol. The molecule has 8 heteroatoms. The van der Waals surface area contributed by atoms with Crippen molar-refractivity contribution in [3.63, 3.8) is 0 Å². The fourth-order valence-electron chi connectivity index (χ4n) is 3.44. The number of piperidine rings is 1. The van der Waals surface area contributed by atoms with Crippen molar-refractivity contribution in [3.05, 3.63) is 71.8 Å². The number of rotatable bonds is 7. The first-order valence-corrected chi connectivity index (χ1v) is 9.65. The lowest BCUT2D eigenvalue weighted by Crippen LogP contribution is -2.45. The van der Waals surface area contributed by atoms with Crippen LogP contribution in [0.15, 0.2) is 60.7 Å². The fraction of sp³-hybridized carbons (Fsp3) is 0.409. The molecule has 0 aliphatic carbocycles. The highest BCUT2D eigenvalue weighted by Gasteiger charge is 2.46. The Morgan fingerprint density at radius 3 is 1.90 bits per heavy atom. The summed E-state index contributed by atoms with van der Waals surface area (Å²) in [6.07, 6.45) is -4.56. The molecule has 0 bridgehead atoms. The average Bonchev–Trinajstić information content (AvgIpc) is 2.72. The first kappa shape index (κ1) is 24.2. The first-order valence-electron chi connectivity index (χ1n) is 9.65. The first-order chi connectivity index (χ1) is 13.9. The SMILES string of the molecule is Cl.O=C(OC1CCNCC1)C(OCCC(F)(F)F)(c1ccccc1)c1ccccc1. The molecule has 0 amide bonds. The lowest BCUT2D eigenvalue weighted by atomic mass is 9.85. The molecule has 0 spiro atoms. The quantitative estimate of drug-likeness (QED) is 0.634. The van der Waals surface area contributed by atoms with Crippen LogP contribution in [-0.4, -0.2) is 37.9 Å². The Kier molecular flexibility index (Phi) is 8.70. The molecule has 1 saturated heterocycles. The molecule has 0 atom stereocenters. The maximum atomic E-state index is 13.4. The summed E-state index contributed by atoms with van der Waals surface area (Å²) in [4.78, 5) is 13.4. The van der Waals surface area contributed by atoms with Crippen LogP contribution in [0.5, 0.6) is 0 Å². The molecule has 4 nitrogen and oxygen atoms in total. The zero-order valence-electron chi connectivity index (χ0n) is 16.4. The van der Waals surface area contributed by atoms with Gasteiger partial charge in [0.25, 0.3) is 0 Å². The van der Waals surface area contributed by atoms with Crippen molar-refractivity contribution in [1.29, 1.82) is 0 Å². The lowest BCUT2D eigenvalue weighted by molar-refractivity contribution is -0.185. The fourth-order valence-corrected chi connectivity index (χ4v) is 3.44. The Bertz CT molecular complexity index is 742. The number of hydrogen-bond donors (Lipinski definition) is 1. The van der Waals surface area contributed by atoms with E-state index in [9.17, 15) is 18.0 Å². The Balaban J connectivity index is 0.00000320. The predicted molar refractivity (Wildman–Crippen MR) is 110 cm³/mol. The molecule has 0 radical (unpaired) electrons. The van der Waals surface area contributed by atoms with Gasteiger partial charge >= 0.3 is 12.1 Å². The van der Waals surface area contributed by atoms with Crippen molar-refractivity contribution in [3.8, 4) is 0 Å². The van der Waals surface area contributed by atoms with E-state index in [1.54, 1.807) is 60.7 Å². The largest absolute Gasteiger partial charge is 0.460 e. The van der Waals surface area contributed by atoms with Crippen LogP contribution in [0.25, 0.3) is 0 Å². The van der Waals surface area contributed by atoms with E-state index in [0.717, 1.165) is 13.1 Å². The van der Waals surface area contributed by atoms with Crippen LogP contribution in [0.1, 0.15) is 30.4 Å². The van der Waals surface area contributed by atoms with Crippen molar-refractivity contribution in [1.82, 2.24) is 5.32 Å². The molecule has 164 valence electrons. The number of nitrogens with one attached hydrogen (secondary N) is 1. The molecule has 30 heavy (non-hydrogen) atoms. The van der Waals surface area contributed by atoms with Crippen molar-refractivity contribution >= 4 is 18.4 Å². The van der Waals surface area contributed by atoms with Gasteiger partial charge in [0.05, 0.1) is 13.0 Å². The summed E-state index contributed by atoms with van der Waals surface area (Å²) >= 11 is 0. The number of alkyl halides is 3. The Labute approximate surface area is 180 Å². The summed E-state index contributed by atoms with van der Waals surface area (Å²) in [5.74, 6) is -0.691. The number of esters is 1. The minimum absolute atomic E-state index is 0. The normalized spacial score (nSPS) is 15.3. The molecule has 0 aromatic heterocycles. The minimum atomic E-state index is -4.39. The van der Waals surface area contributed by atoms with Gasteiger partial charge in [-0.2, -0.15) is 13.2 Å². The molecule has 0 saturated carbocycles. The van der Waals surface area contributed by atoms with Gasteiger partial charge in [0, 0.05) is 0 Å². The molecule has 2 aromatic carbocycles. The van der Waals surface area contributed by atoms with E-state index < -0.39 is 30.8 Å². The molecule has 1 fully saturated rings. The van der Waals surface area contributed by atoms with E-state index in [2.05, 4.69) is 5.32 Å². The molecule has 1 aliphatic heterocycles. The maximum Gasteiger partial charge on any atom is 0.391 e. The van der Waals surface area contributed by atoms with E-state index in [-0.39, 0.29) is 18.5 Å². The number of ether oxygens (including phenoxy) is 2.